The monoisotopic (exact) mass is 197 g/mol. The third kappa shape index (κ3) is 3.17. The molecule has 0 fully saturated rings. The van der Waals surface area contributed by atoms with Crippen LogP contribution in [-0.2, 0) is 4.57 Å². The van der Waals surface area contributed by atoms with Crippen molar-refractivity contribution < 1.29 is 17.4 Å². The molecule has 0 aliphatic carbocycles. The summed E-state index contributed by atoms with van der Waals surface area (Å²) in [5, 5.41) is 9.06. The first-order chi connectivity index (χ1) is 5.22. The van der Waals surface area contributed by atoms with Gasteiger partial charge in [0.05, 0.1) is 0 Å². The third-order valence-corrected chi connectivity index (χ3v) is 2.02. The summed E-state index contributed by atoms with van der Waals surface area (Å²) in [5.41, 5.74) is 0.469. The van der Waals surface area contributed by atoms with Gasteiger partial charge in [0.1, 0.15) is 0 Å². The van der Waals surface area contributed by atoms with Crippen molar-refractivity contribution in [2.75, 3.05) is 0 Å². The SMILES string of the molecule is O=[P+](O)C(O)c1ccccc1.[H-].[H-].[Mg+2]. The fourth-order valence-electron chi connectivity index (χ4n) is 0.753. The van der Waals surface area contributed by atoms with E-state index in [-0.39, 0.29) is 25.9 Å². The Morgan fingerprint density at radius 1 is 1.33 bits per heavy atom. The number of aliphatic hydroxyl groups is 1. The van der Waals surface area contributed by atoms with Crippen molar-refractivity contribution in [2.45, 2.75) is 5.85 Å². The molecule has 0 saturated carbocycles. The van der Waals surface area contributed by atoms with Gasteiger partial charge in [0.25, 0.3) is 0 Å². The van der Waals surface area contributed by atoms with Crippen molar-refractivity contribution in [3.05, 3.63) is 35.9 Å². The van der Waals surface area contributed by atoms with Crippen LogP contribution in [0.4, 0.5) is 0 Å². The normalized spacial score (nSPS) is 13.0. The predicted octanol–water partition coefficient (Wildman–Crippen LogP) is 1.26. The van der Waals surface area contributed by atoms with Gasteiger partial charge in [0.2, 0.25) is 0 Å². The maximum atomic E-state index is 10.4. The molecule has 3 nitrogen and oxygen atoms in total. The standard InChI is InChI=1S/C7H7O3P.Mg.2H/c8-7(11(9)10)6-4-2-1-3-5-6;;;/h1-5,7-8H;;;/q;+2;2*-1/p+1. The van der Waals surface area contributed by atoms with Crippen molar-refractivity contribution in [3.63, 3.8) is 0 Å². The minimum atomic E-state index is -2.53. The van der Waals surface area contributed by atoms with E-state index in [0.717, 1.165) is 0 Å². The zero-order valence-electron chi connectivity index (χ0n) is 8.42. The minimum Gasteiger partial charge on any atom is -1.00 e. The molecule has 0 aliphatic rings. The Kier molecular flexibility index (Phi) is 5.62. The van der Waals surface area contributed by atoms with E-state index < -0.39 is 13.9 Å². The topological polar surface area (TPSA) is 57.5 Å². The van der Waals surface area contributed by atoms with Crippen molar-refractivity contribution in [1.29, 1.82) is 0 Å². The van der Waals surface area contributed by atoms with Gasteiger partial charge in [-0.1, -0.05) is 30.3 Å². The summed E-state index contributed by atoms with van der Waals surface area (Å²) < 4.78 is 10.4. The molecule has 0 heterocycles. The summed E-state index contributed by atoms with van der Waals surface area (Å²) in [6.45, 7) is 0. The third-order valence-electron chi connectivity index (χ3n) is 1.31. The van der Waals surface area contributed by atoms with Gasteiger partial charge < -0.3 is 7.96 Å². The molecule has 1 rings (SSSR count). The first-order valence-corrected chi connectivity index (χ1v) is 4.38. The van der Waals surface area contributed by atoms with Crippen LogP contribution in [0.1, 0.15) is 14.3 Å². The molecule has 0 radical (unpaired) electrons. The molecule has 1 aromatic carbocycles. The number of benzene rings is 1. The molecule has 2 N–H and O–H groups in total. The van der Waals surface area contributed by atoms with Crippen molar-refractivity contribution in [1.82, 2.24) is 0 Å². The molecule has 0 bridgehead atoms. The molecule has 0 aliphatic heterocycles. The molecule has 2 unspecified atom stereocenters. The predicted molar refractivity (Wildman–Crippen MR) is 49.2 cm³/mol. The van der Waals surface area contributed by atoms with Gasteiger partial charge in [-0.25, -0.2) is 0 Å². The minimum absolute atomic E-state index is 0. The Balaban J connectivity index is -0.000000403. The Hall–Kier alpha value is 0.00623. The van der Waals surface area contributed by atoms with E-state index in [9.17, 15) is 4.57 Å². The summed E-state index contributed by atoms with van der Waals surface area (Å²) in [7, 11) is -2.53. The van der Waals surface area contributed by atoms with Gasteiger partial charge in [-0.2, -0.15) is 4.89 Å². The molecule has 0 spiro atoms. The van der Waals surface area contributed by atoms with E-state index in [4.69, 9.17) is 10.00 Å². The van der Waals surface area contributed by atoms with Crippen LogP contribution >= 0.6 is 8.03 Å². The van der Waals surface area contributed by atoms with E-state index in [1.54, 1.807) is 30.3 Å². The molecular formula is C7H10MgO3P+. The van der Waals surface area contributed by atoms with Gasteiger partial charge in [-0.3, -0.25) is 0 Å². The quantitative estimate of drug-likeness (QED) is 0.554. The summed E-state index contributed by atoms with van der Waals surface area (Å²) in [6, 6.07) is 8.40. The molecular weight excluding hydrogens is 187 g/mol. The van der Waals surface area contributed by atoms with Crippen LogP contribution in [0.25, 0.3) is 0 Å². The Bertz CT molecular complexity index is 260. The number of rotatable bonds is 2. The molecule has 0 saturated heterocycles. The first-order valence-electron chi connectivity index (χ1n) is 3.10. The fraction of sp³-hybridized carbons (Fsp3) is 0.143. The van der Waals surface area contributed by atoms with Gasteiger partial charge in [0.15, 0.2) is 0 Å². The summed E-state index contributed by atoms with van der Waals surface area (Å²) >= 11 is 0. The molecule has 2 atom stereocenters. The van der Waals surface area contributed by atoms with Crippen LogP contribution in [-0.4, -0.2) is 33.1 Å². The van der Waals surface area contributed by atoms with Gasteiger partial charge in [-0.15, -0.1) is 0 Å². The summed E-state index contributed by atoms with van der Waals surface area (Å²) in [4.78, 5) is 8.53. The van der Waals surface area contributed by atoms with Crippen LogP contribution in [0, 0.1) is 0 Å². The maximum Gasteiger partial charge on any atom is 2.00 e. The largest absolute Gasteiger partial charge is 2.00 e. The van der Waals surface area contributed by atoms with E-state index in [1.807, 2.05) is 0 Å². The Labute approximate surface area is 90.4 Å². The van der Waals surface area contributed by atoms with Gasteiger partial charge >= 0.3 is 36.9 Å². The molecule has 0 amide bonds. The zero-order chi connectivity index (χ0) is 8.27. The molecule has 5 heteroatoms. The maximum absolute atomic E-state index is 10.4. The number of aliphatic hydroxyl groups excluding tert-OH is 1. The van der Waals surface area contributed by atoms with Crippen molar-refractivity contribution >= 4 is 31.1 Å². The second-order valence-electron chi connectivity index (χ2n) is 2.09. The number of hydrogen-bond acceptors (Lipinski definition) is 2. The van der Waals surface area contributed by atoms with E-state index in [1.165, 1.54) is 0 Å². The zero-order valence-corrected chi connectivity index (χ0v) is 8.73. The summed E-state index contributed by atoms with van der Waals surface area (Å²) in [5.74, 6) is -1.26. The van der Waals surface area contributed by atoms with Crippen LogP contribution < -0.4 is 0 Å². The van der Waals surface area contributed by atoms with E-state index >= 15 is 0 Å². The Morgan fingerprint density at radius 3 is 2.25 bits per heavy atom. The van der Waals surface area contributed by atoms with E-state index in [0.29, 0.717) is 5.56 Å². The van der Waals surface area contributed by atoms with Crippen LogP contribution in [0.3, 0.4) is 0 Å². The second kappa shape index (κ2) is 5.62. The summed E-state index contributed by atoms with van der Waals surface area (Å²) in [6.07, 6.45) is 0. The average Bonchev–Trinajstić information content (AvgIpc) is 2.05. The molecule has 62 valence electrons. The van der Waals surface area contributed by atoms with Crippen LogP contribution in [0.2, 0.25) is 0 Å². The fourth-order valence-corrected chi connectivity index (χ4v) is 1.18. The molecule has 1 aromatic rings. The van der Waals surface area contributed by atoms with Crippen LogP contribution in [0.15, 0.2) is 30.3 Å². The molecule has 12 heavy (non-hydrogen) atoms. The first kappa shape index (κ1) is 12.0. The van der Waals surface area contributed by atoms with Crippen molar-refractivity contribution in [2.24, 2.45) is 0 Å². The smallest absolute Gasteiger partial charge is 1.00 e. The van der Waals surface area contributed by atoms with Crippen LogP contribution in [0.5, 0.6) is 0 Å². The van der Waals surface area contributed by atoms with E-state index in [2.05, 4.69) is 0 Å². The Morgan fingerprint density at radius 2 is 1.83 bits per heavy atom. The van der Waals surface area contributed by atoms with Crippen molar-refractivity contribution in [3.8, 4) is 0 Å². The second-order valence-corrected chi connectivity index (χ2v) is 3.18. The molecule has 0 aromatic heterocycles. The average molecular weight is 197 g/mol. The number of hydrogen-bond donors (Lipinski definition) is 2. The van der Waals surface area contributed by atoms with Gasteiger partial charge in [-0.05, 0) is 4.57 Å². The van der Waals surface area contributed by atoms with Gasteiger partial charge in [0, 0.05) is 5.56 Å².